The van der Waals surface area contributed by atoms with Crippen LogP contribution in [0.1, 0.15) is 17.5 Å². The Bertz CT molecular complexity index is 825. The average molecular weight is 400 g/mol. The molecule has 0 bridgehead atoms. The largest absolute Gasteiger partial charge is 0.504 e. The Morgan fingerprint density at radius 3 is 1.52 bits per heavy atom. The first-order valence-electron chi connectivity index (χ1n) is 8.53. The van der Waals surface area contributed by atoms with Gasteiger partial charge in [0.05, 0.1) is 20.6 Å². The number of aliphatic hydroxyl groups excluding tert-OH is 1. The van der Waals surface area contributed by atoms with Gasteiger partial charge in [0.25, 0.3) is 0 Å². The second-order valence-electron chi connectivity index (χ2n) is 5.64. The van der Waals surface area contributed by atoms with Gasteiger partial charge in [0.1, 0.15) is 0 Å². The number of allylic oxidation sites excluding steroid dienone is 2. The lowest BCUT2D eigenvalue weighted by Gasteiger charge is -2.03. The molecule has 7 heteroatoms. The number of benzene rings is 2. The van der Waals surface area contributed by atoms with Gasteiger partial charge in [-0.2, -0.15) is 0 Å². The number of hydrogen-bond donors (Lipinski definition) is 3. The van der Waals surface area contributed by atoms with Crippen LogP contribution in [0.5, 0.6) is 23.0 Å². The molecule has 0 aromatic heterocycles. The fraction of sp³-hybridized carbons (Fsp3) is 0.182. The molecule has 0 saturated heterocycles. The Morgan fingerprint density at radius 1 is 0.793 bits per heavy atom. The van der Waals surface area contributed by atoms with Gasteiger partial charge in [0, 0.05) is 7.11 Å². The summed E-state index contributed by atoms with van der Waals surface area (Å²) in [5.41, 5.74) is 1.33. The van der Waals surface area contributed by atoms with Gasteiger partial charge in [-0.1, -0.05) is 24.3 Å². The van der Waals surface area contributed by atoms with Crippen LogP contribution in [0.15, 0.2) is 48.6 Å². The van der Waals surface area contributed by atoms with E-state index in [4.69, 9.17) is 14.6 Å². The van der Waals surface area contributed by atoms with Gasteiger partial charge in [-0.05, 0) is 47.5 Å². The van der Waals surface area contributed by atoms with Crippen molar-refractivity contribution >= 4 is 23.7 Å². The average Bonchev–Trinajstić information content (AvgIpc) is 2.74. The zero-order valence-electron chi connectivity index (χ0n) is 16.5. The molecule has 0 fully saturated rings. The zero-order chi connectivity index (χ0) is 21.8. The molecule has 0 spiro atoms. The monoisotopic (exact) mass is 400 g/mol. The van der Waals surface area contributed by atoms with Crippen LogP contribution in [0.3, 0.4) is 0 Å². The number of aromatic hydroxyl groups is 2. The van der Waals surface area contributed by atoms with E-state index < -0.39 is 0 Å². The fourth-order valence-corrected chi connectivity index (χ4v) is 2.26. The third-order valence-electron chi connectivity index (χ3n) is 3.68. The molecule has 0 radical (unpaired) electrons. The van der Waals surface area contributed by atoms with E-state index in [1.54, 1.807) is 36.4 Å². The molecule has 0 aliphatic rings. The first-order chi connectivity index (χ1) is 13.9. The first kappa shape index (κ1) is 23.5. The molecule has 0 saturated carbocycles. The summed E-state index contributed by atoms with van der Waals surface area (Å²) in [6, 6.07) is 9.34. The second-order valence-corrected chi connectivity index (χ2v) is 5.64. The number of aliphatic hydroxyl groups is 1. The highest BCUT2D eigenvalue weighted by molar-refractivity contribution is 6.10. The normalized spacial score (nSPS) is 10.5. The third kappa shape index (κ3) is 7.51. The van der Waals surface area contributed by atoms with Crippen LogP contribution in [0.25, 0.3) is 12.2 Å². The standard InChI is InChI=1S/C21H20O6.CH4O/c1-26-20-11-14(5-9-18(20)24)3-7-16(22)13-17(23)8-4-15-6-10-19(25)21(12-15)27-2;1-2/h3-12,24-25H,13H2,1-2H3;2H,1H3/b7-3+,8-4+;. The molecule has 0 atom stereocenters. The van der Waals surface area contributed by atoms with Crippen molar-refractivity contribution in [1.82, 2.24) is 0 Å². The van der Waals surface area contributed by atoms with E-state index >= 15 is 0 Å². The Morgan fingerprint density at radius 2 is 1.17 bits per heavy atom. The topological polar surface area (TPSA) is 113 Å². The SMILES string of the molecule is CO.COc1cc(/C=C/C(=O)CC(=O)/C=C/c2ccc(O)c(OC)c2)ccc1O. The number of phenols is 2. The van der Waals surface area contributed by atoms with E-state index in [1.807, 2.05) is 0 Å². The smallest absolute Gasteiger partial charge is 0.163 e. The molecular weight excluding hydrogens is 376 g/mol. The van der Waals surface area contributed by atoms with Crippen molar-refractivity contribution in [2.24, 2.45) is 0 Å². The van der Waals surface area contributed by atoms with Gasteiger partial charge in [0.2, 0.25) is 0 Å². The molecule has 7 nitrogen and oxygen atoms in total. The van der Waals surface area contributed by atoms with Gasteiger partial charge in [-0.3, -0.25) is 9.59 Å². The van der Waals surface area contributed by atoms with Crippen molar-refractivity contribution in [2.45, 2.75) is 6.42 Å². The quantitative estimate of drug-likeness (QED) is 0.461. The minimum absolute atomic E-state index is 0.00662. The van der Waals surface area contributed by atoms with Crippen molar-refractivity contribution in [1.29, 1.82) is 0 Å². The maximum Gasteiger partial charge on any atom is 0.163 e. The summed E-state index contributed by atoms with van der Waals surface area (Å²) >= 11 is 0. The van der Waals surface area contributed by atoms with Crippen LogP contribution in [-0.2, 0) is 9.59 Å². The number of carbonyl (C=O) groups is 2. The lowest BCUT2D eigenvalue weighted by atomic mass is 10.1. The van der Waals surface area contributed by atoms with Crippen molar-refractivity contribution in [2.75, 3.05) is 21.3 Å². The number of ether oxygens (including phenoxy) is 2. The first-order valence-corrected chi connectivity index (χ1v) is 8.53. The van der Waals surface area contributed by atoms with Gasteiger partial charge < -0.3 is 24.8 Å². The molecule has 2 aromatic carbocycles. The van der Waals surface area contributed by atoms with E-state index in [-0.39, 0.29) is 29.5 Å². The molecule has 0 amide bonds. The van der Waals surface area contributed by atoms with Crippen LogP contribution in [0.4, 0.5) is 0 Å². The zero-order valence-corrected chi connectivity index (χ0v) is 16.5. The van der Waals surface area contributed by atoms with Gasteiger partial charge in [-0.15, -0.1) is 0 Å². The highest BCUT2D eigenvalue weighted by Gasteiger charge is 2.06. The summed E-state index contributed by atoms with van der Waals surface area (Å²) in [6.45, 7) is 0. The molecule has 29 heavy (non-hydrogen) atoms. The van der Waals surface area contributed by atoms with E-state index in [0.717, 1.165) is 7.11 Å². The van der Waals surface area contributed by atoms with Crippen molar-refractivity contribution in [3.8, 4) is 23.0 Å². The Kier molecular flexibility index (Phi) is 9.70. The molecule has 0 heterocycles. The summed E-state index contributed by atoms with van der Waals surface area (Å²) in [4.78, 5) is 23.9. The molecule has 3 N–H and O–H groups in total. The fourth-order valence-electron chi connectivity index (χ4n) is 2.26. The summed E-state index contributed by atoms with van der Waals surface area (Å²) < 4.78 is 10.00. The summed E-state index contributed by atoms with van der Waals surface area (Å²) in [7, 11) is 3.87. The predicted octanol–water partition coefficient (Wildman–Crippen LogP) is 2.98. The molecule has 0 unspecified atom stereocenters. The van der Waals surface area contributed by atoms with Gasteiger partial charge >= 0.3 is 0 Å². The predicted molar refractivity (Wildman–Crippen MR) is 110 cm³/mol. The van der Waals surface area contributed by atoms with E-state index in [0.29, 0.717) is 22.6 Å². The second kappa shape index (κ2) is 12.0. The molecule has 0 aliphatic carbocycles. The molecule has 2 aromatic rings. The minimum Gasteiger partial charge on any atom is -0.504 e. The van der Waals surface area contributed by atoms with Crippen LogP contribution in [-0.4, -0.2) is 48.2 Å². The van der Waals surface area contributed by atoms with Crippen LogP contribution >= 0.6 is 0 Å². The highest BCUT2D eigenvalue weighted by Crippen LogP contribution is 2.27. The highest BCUT2D eigenvalue weighted by atomic mass is 16.5. The summed E-state index contributed by atoms with van der Waals surface area (Å²) in [6.07, 6.45) is 5.44. The molecule has 0 aliphatic heterocycles. The summed E-state index contributed by atoms with van der Waals surface area (Å²) in [5, 5.41) is 26.1. The Labute approximate surface area is 169 Å². The summed E-state index contributed by atoms with van der Waals surface area (Å²) in [5.74, 6) is -0.0832. The lowest BCUT2D eigenvalue weighted by molar-refractivity contribution is -0.121. The maximum absolute atomic E-state index is 11.9. The molecular formula is C22H24O7. The van der Waals surface area contributed by atoms with E-state index in [9.17, 15) is 19.8 Å². The lowest BCUT2D eigenvalue weighted by Crippen LogP contribution is -2.01. The number of phenolic OH excluding ortho intramolecular Hbond substituents is 2. The van der Waals surface area contributed by atoms with E-state index in [2.05, 4.69) is 0 Å². The van der Waals surface area contributed by atoms with Crippen LogP contribution in [0, 0.1) is 0 Å². The Balaban J connectivity index is 0.00000204. The Hall–Kier alpha value is -3.58. The maximum atomic E-state index is 11.9. The number of hydrogen-bond acceptors (Lipinski definition) is 7. The number of methoxy groups -OCH3 is 2. The number of rotatable bonds is 8. The number of carbonyl (C=O) groups excluding carboxylic acids is 2. The number of ketones is 2. The molecule has 154 valence electrons. The third-order valence-corrected chi connectivity index (χ3v) is 3.68. The van der Waals surface area contributed by atoms with Crippen molar-refractivity contribution in [3.63, 3.8) is 0 Å². The van der Waals surface area contributed by atoms with Crippen LogP contribution in [0.2, 0.25) is 0 Å². The van der Waals surface area contributed by atoms with Crippen molar-refractivity contribution < 1.29 is 34.4 Å². The van der Waals surface area contributed by atoms with Gasteiger partial charge in [0.15, 0.2) is 34.6 Å². The van der Waals surface area contributed by atoms with E-state index in [1.165, 1.54) is 38.5 Å². The van der Waals surface area contributed by atoms with Crippen molar-refractivity contribution in [3.05, 3.63) is 59.7 Å². The minimum atomic E-state index is -0.347. The van der Waals surface area contributed by atoms with Crippen LogP contribution < -0.4 is 9.47 Å². The molecule has 2 rings (SSSR count). The van der Waals surface area contributed by atoms with Gasteiger partial charge in [-0.25, -0.2) is 0 Å².